The van der Waals surface area contributed by atoms with Crippen LogP contribution < -0.4 is 9.64 Å². The summed E-state index contributed by atoms with van der Waals surface area (Å²) >= 11 is 0. The van der Waals surface area contributed by atoms with Crippen LogP contribution in [0.3, 0.4) is 0 Å². The van der Waals surface area contributed by atoms with E-state index in [1.165, 1.54) is 29.2 Å². The molecule has 1 atom stereocenters. The van der Waals surface area contributed by atoms with E-state index in [2.05, 4.69) is 0 Å². The van der Waals surface area contributed by atoms with E-state index in [4.69, 9.17) is 4.74 Å². The van der Waals surface area contributed by atoms with Gasteiger partial charge in [-0.25, -0.2) is 4.39 Å². The number of aliphatic hydroxyl groups excluding tert-OH is 1. The summed E-state index contributed by atoms with van der Waals surface area (Å²) in [4.78, 5) is 29.8. The molecule has 0 aromatic heterocycles. The van der Waals surface area contributed by atoms with Crippen LogP contribution in [0.15, 0.2) is 78.4 Å². The Bertz CT molecular complexity index is 1250. The average Bonchev–Trinajstić information content (AvgIpc) is 3.10. The second-order valence-corrected chi connectivity index (χ2v) is 8.50. The fourth-order valence-electron chi connectivity index (χ4n) is 4.16. The second kappa shape index (κ2) is 10.0. The third-order valence-corrected chi connectivity index (χ3v) is 5.97. The summed E-state index contributed by atoms with van der Waals surface area (Å²) in [5, 5.41) is 11.1. The van der Waals surface area contributed by atoms with Crippen molar-refractivity contribution >= 4 is 23.1 Å². The highest BCUT2D eigenvalue weighted by Crippen LogP contribution is 2.40. The standard InChI is InChI=1S/C28H27FN2O4/c1-4-35-23-15-5-18(6-16-23)17-31-25(19-9-13-22(14-10-19)30(2)3)24(27(33)28(31)34)26(32)20-7-11-21(29)12-8-20/h5-16,25,32H,4,17H2,1-3H3/b26-24-. The summed E-state index contributed by atoms with van der Waals surface area (Å²) in [7, 11) is 3.84. The van der Waals surface area contributed by atoms with Crippen LogP contribution in [0.2, 0.25) is 0 Å². The third kappa shape index (κ3) is 4.89. The van der Waals surface area contributed by atoms with Gasteiger partial charge >= 0.3 is 0 Å². The van der Waals surface area contributed by atoms with Gasteiger partial charge in [0.1, 0.15) is 17.3 Å². The van der Waals surface area contributed by atoms with Crippen molar-refractivity contribution in [3.63, 3.8) is 0 Å². The van der Waals surface area contributed by atoms with Crippen molar-refractivity contribution in [3.05, 3.63) is 101 Å². The van der Waals surface area contributed by atoms with Gasteiger partial charge in [-0.2, -0.15) is 0 Å². The van der Waals surface area contributed by atoms with Crippen LogP contribution in [-0.4, -0.2) is 42.4 Å². The quantitative estimate of drug-likeness (QED) is 0.299. The number of halogens is 1. The maximum atomic E-state index is 13.5. The highest BCUT2D eigenvalue weighted by atomic mass is 19.1. The monoisotopic (exact) mass is 474 g/mol. The lowest BCUT2D eigenvalue weighted by Crippen LogP contribution is -2.29. The number of likely N-dealkylation sites (tertiary alicyclic amines) is 1. The number of carbonyl (C=O) groups is 2. The summed E-state index contributed by atoms with van der Waals surface area (Å²) in [5.41, 5.74) is 2.69. The van der Waals surface area contributed by atoms with Gasteiger partial charge < -0.3 is 19.6 Å². The SMILES string of the molecule is CCOc1ccc(CN2C(=O)C(=O)/C(=C(\O)c3ccc(F)cc3)C2c2ccc(N(C)C)cc2)cc1. The van der Waals surface area contributed by atoms with Gasteiger partial charge in [-0.05, 0) is 66.6 Å². The molecule has 1 heterocycles. The number of amides is 1. The molecule has 180 valence electrons. The van der Waals surface area contributed by atoms with Gasteiger partial charge in [0, 0.05) is 31.9 Å². The van der Waals surface area contributed by atoms with E-state index in [0.717, 1.165) is 11.3 Å². The predicted molar refractivity (Wildman–Crippen MR) is 133 cm³/mol. The summed E-state index contributed by atoms with van der Waals surface area (Å²) < 4.78 is 18.9. The van der Waals surface area contributed by atoms with E-state index >= 15 is 0 Å². The molecular formula is C28H27FN2O4. The van der Waals surface area contributed by atoms with Crippen LogP contribution in [0, 0.1) is 5.82 Å². The van der Waals surface area contributed by atoms with E-state index in [9.17, 15) is 19.1 Å². The van der Waals surface area contributed by atoms with E-state index in [0.29, 0.717) is 17.9 Å². The van der Waals surface area contributed by atoms with Crippen molar-refractivity contribution in [1.29, 1.82) is 0 Å². The molecule has 1 aliphatic heterocycles. The molecule has 35 heavy (non-hydrogen) atoms. The Hall–Kier alpha value is -4.13. The summed E-state index contributed by atoms with van der Waals surface area (Å²) in [6.45, 7) is 2.60. The number of anilines is 1. The Morgan fingerprint density at radius 1 is 0.971 bits per heavy atom. The van der Waals surface area contributed by atoms with Gasteiger partial charge in [-0.3, -0.25) is 9.59 Å². The van der Waals surface area contributed by atoms with Crippen LogP contribution in [0.4, 0.5) is 10.1 Å². The van der Waals surface area contributed by atoms with E-state index in [-0.39, 0.29) is 23.4 Å². The molecular weight excluding hydrogens is 447 g/mol. The molecule has 1 unspecified atom stereocenters. The highest BCUT2D eigenvalue weighted by molar-refractivity contribution is 6.46. The molecule has 0 saturated carbocycles. The fraction of sp³-hybridized carbons (Fsp3) is 0.214. The van der Waals surface area contributed by atoms with Crippen molar-refractivity contribution in [2.45, 2.75) is 19.5 Å². The number of benzene rings is 3. The van der Waals surface area contributed by atoms with Gasteiger partial charge in [0.2, 0.25) is 0 Å². The number of rotatable bonds is 7. The lowest BCUT2D eigenvalue weighted by Gasteiger charge is -2.26. The number of Topliss-reactive ketones (excluding diaryl/α,β-unsaturated/α-hetero) is 1. The maximum absolute atomic E-state index is 13.5. The first-order valence-corrected chi connectivity index (χ1v) is 11.3. The molecule has 3 aromatic carbocycles. The number of ether oxygens (including phenoxy) is 1. The van der Waals surface area contributed by atoms with Crippen LogP contribution in [0.1, 0.15) is 29.7 Å². The lowest BCUT2D eigenvalue weighted by molar-refractivity contribution is -0.140. The molecule has 3 aromatic rings. The Morgan fingerprint density at radius 3 is 2.17 bits per heavy atom. The minimum atomic E-state index is -0.803. The van der Waals surface area contributed by atoms with E-state index < -0.39 is 23.5 Å². The summed E-state index contributed by atoms with van der Waals surface area (Å²) in [6.07, 6.45) is 0. The Balaban J connectivity index is 1.79. The van der Waals surface area contributed by atoms with Gasteiger partial charge in [-0.1, -0.05) is 24.3 Å². The van der Waals surface area contributed by atoms with Crippen molar-refractivity contribution < 1.29 is 23.8 Å². The Labute approximate surface area is 203 Å². The van der Waals surface area contributed by atoms with Crippen molar-refractivity contribution in [1.82, 2.24) is 4.90 Å². The molecule has 4 rings (SSSR count). The summed E-state index contributed by atoms with van der Waals surface area (Å²) in [6, 6.07) is 19.2. The molecule has 0 aliphatic carbocycles. The van der Waals surface area contributed by atoms with Gasteiger partial charge in [0.25, 0.3) is 11.7 Å². The number of carbonyl (C=O) groups excluding carboxylic acids is 2. The second-order valence-electron chi connectivity index (χ2n) is 8.50. The normalized spacial score (nSPS) is 17.0. The predicted octanol–water partition coefficient (Wildman–Crippen LogP) is 4.91. The van der Waals surface area contributed by atoms with Crippen LogP contribution >= 0.6 is 0 Å². The first-order chi connectivity index (χ1) is 16.8. The molecule has 1 N–H and O–H groups in total. The molecule has 1 aliphatic rings. The first-order valence-electron chi connectivity index (χ1n) is 11.3. The van der Waals surface area contributed by atoms with Crippen molar-refractivity contribution in [2.24, 2.45) is 0 Å². The van der Waals surface area contributed by atoms with Gasteiger partial charge in [0.05, 0.1) is 18.2 Å². The largest absolute Gasteiger partial charge is 0.507 e. The van der Waals surface area contributed by atoms with Crippen LogP contribution in [0.25, 0.3) is 5.76 Å². The topological polar surface area (TPSA) is 70.1 Å². The van der Waals surface area contributed by atoms with Gasteiger partial charge in [0.15, 0.2) is 0 Å². The van der Waals surface area contributed by atoms with E-state index in [1.807, 2.05) is 74.4 Å². The molecule has 6 nitrogen and oxygen atoms in total. The zero-order chi connectivity index (χ0) is 25.1. The molecule has 0 radical (unpaired) electrons. The number of hydrogen-bond acceptors (Lipinski definition) is 5. The Morgan fingerprint density at radius 2 is 1.60 bits per heavy atom. The zero-order valence-electron chi connectivity index (χ0n) is 19.9. The maximum Gasteiger partial charge on any atom is 0.295 e. The number of nitrogens with zero attached hydrogens (tertiary/aromatic N) is 2. The smallest absolute Gasteiger partial charge is 0.295 e. The molecule has 7 heteroatoms. The van der Waals surface area contributed by atoms with Crippen LogP contribution in [-0.2, 0) is 16.1 Å². The third-order valence-electron chi connectivity index (χ3n) is 5.97. The molecule has 1 amide bonds. The minimum absolute atomic E-state index is 0.0230. The molecule has 1 fully saturated rings. The Kier molecular flexibility index (Phi) is 6.87. The average molecular weight is 475 g/mol. The van der Waals surface area contributed by atoms with Crippen LogP contribution in [0.5, 0.6) is 5.75 Å². The lowest BCUT2D eigenvalue weighted by atomic mass is 9.95. The molecule has 0 bridgehead atoms. The molecule has 0 spiro atoms. The zero-order valence-corrected chi connectivity index (χ0v) is 19.9. The number of aliphatic hydroxyl groups is 1. The molecule has 1 saturated heterocycles. The minimum Gasteiger partial charge on any atom is -0.507 e. The first kappa shape index (κ1) is 24.0. The fourth-order valence-corrected chi connectivity index (χ4v) is 4.16. The van der Waals surface area contributed by atoms with E-state index in [1.54, 1.807) is 0 Å². The highest BCUT2D eigenvalue weighted by Gasteiger charge is 2.46. The van der Waals surface area contributed by atoms with Gasteiger partial charge in [-0.15, -0.1) is 0 Å². The summed E-state index contributed by atoms with van der Waals surface area (Å²) in [5.74, 6) is -1.57. The number of ketones is 1. The van der Waals surface area contributed by atoms with Crippen molar-refractivity contribution in [3.8, 4) is 5.75 Å². The number of hydrogen-bond donors (Lipinski definition) is 1. The van der Waals surface area contributed by atoms with Crippen molar-refractivity contribution in [2.75, 3.05) is 25.6 Å².